The van der Waals surface area contributed by atoms with Crippen LogP contribution in [0.5, 0.6) is 5.75 Å². The van der Waals surface area contributed by atoms with Gasteiger partial charge < -0.3 is 15.0 Å². The first-order valence-electron chi connectivity index (χ1n) is 12.9. The number of hydrogen-bond donors (Lipinski definition) is 1. The normalized spacial score (nSPS) is 11.8. The molecule has 0 aliphatic rings. The Labute approximate surface area is 239 Å². The molecule has 41 heavy (non-hydrogen) atoms. The number of non-ortho nitro benzene ring substituents is 1. The molecule has 0 heterocycles. The Balaban J connectivity index is 2.12. The Kier molecular flexibility index (Phi) is 10.4. The lowest BCUT2D eigenvalue weighted by atomic mass is 10.0. The Morgan fingerprint density at radius 3 is 2.29 bits per heavy atom. The summed E-state index contributed by atoms with van der Waals surface area (Å²) in [5.41, 5.74) is 1.95. The predicted octanol–water partition coefficient (Wildman–Crippen LogP) is 3.45. The lowest BCUT2D eigenvalue weighted by molar-refractivity contribution is -0.384. The number of anilines is 1. The Morgan fingerprint density at radius 1 is 1.05 bits per heavy atom. The zero-order chi connectivity index (χ0) is 30.2. The van der Waals surface area contributed by atoms with Crippen LogP contribution in [0.2, 0.25) is 0 Å². The van der Waals surface area contributed by atoms with Crippen molar-refractivity contribution in [2.75, 3.05) is 30.8 Å². The van der Waals surface area contributed by atoms with E-state index in [4.69, 9.17) is 4.74 Å². The van der Waals surface area contributed by atoms with Crippen LogP contribution in [-0.4, -0.2) is 62.6 Å². The van der Waals surface area contributed by atoms with Gasteiger partial charge in [0.05, 0.1) is 18.3 Å². The molecule has 0 aliphatic heterocycles. The van der Waals surface area contributed by atoms with E-state index in [1.54, 1.807) is 6.92 Å². The van der Waals surface area contributed by atoms with Crippen molar-refractivity contribution in [1.82, 2.24) is 10.2 Å². The lowest BCUT2D eigenvalue weighted by Crippen LogP contribution is -2.53. The lowest BCUT2D eigenvalue weighted by Gasteiger charge is -2.34. The van der Waals surface area contributed by atoms with Crippen LogP contribution >= 0.6 is 0 Å². The van der Waals surface area contributed by atoms with Gasteiger partial charge in [-0.2, -0.15) is 0 Å². The molecule has 1 N–H and O–H groups in total. The third-order valence-corrected chi connectivity index (χ3v) is 7.67. The van der Waals surface area contributed by atoms with Crippen LogP contribution in [0.25, 0.3) is 0 Å². The quantitative estimate of drug-likeness (QED) is 0.241. The number of nitrogens with one attached hydrogen (secondary N) is 1. The summed E-state index contributed by atoms with van der Waals surface area (Å²) in [6, 6.07) is 19.1. The molecule has 0 aliphatic carbocycles. The van der Waals surface area contributed by atoms with Crippen LogP contribution in [0.15, 0.2) is 72.8 Å². The summed E-state index contributed by atoms with van der Waals surface area (Å²) in [5.74, 6) is -1.03. The number of nitro groups is 1. The molecule has 3 aromatic rings. The highest BCUT2D eigenvalue weighted by atomic mass is 32.2. The SMILES string of the molecule is CCNC(=O)[C@H](Cc1ccccc1)N(Cc1ccccc1C)C(=O)CN(c1cc([N+](=O)[O-])ccc1OC)S(C)(=O)=O. The van der Waals surface area contributed by atoms with Crippen LogP contribution in [-0.2, 0) is 32.6 Å². The molecule has 0 radical (unpaired) electrons. The maximum atomic E-state index is 14.1. The molecule has 3 rings (SSSR count). The van der Waals surface area contributed by atoms with E-state index in [0.29, 0.717) is 6.54 Å². The molecular weight excluding hydrogens is 548 g/mol. The van der Waals surface area contributed by atoms with Gasteiger partial charge in [-0.3, -0.25) is 24.0 Å². The summed E-state index contributed by atoms with van der Waals surface area (Å²) in [6.07, 6.45) is 1.08. The van der Waals surface area contributed by atoms with Gasteiger partial charge in [0.2, 0.25) is 21.8 Å². The van der Waals surface area contributed by atoms with Gasteiger partial charge in [-0.25, -0.2) is 8.42 Å². The maximum absolute atomic E-state index is 14.1. The molecule has 1 atom stereocenters. The van der Waals surface area contributed by atoms with Crippen molar-refractivity contribution < 1.29 is 27.7 Å². The van der Waals surface area contributed by atoms with Crippen LogP contribution in [0, 0.1) is 17.0 Å². The topological polar surface area (TPSA) is 139 Å². The molecule has 2 amide bonds. The Bertz CT molecular complexity index is 1500. The fraction of sp³-hybridized carbons (Fsp3) is 0.310. The molecular formula is C29H34N4O7S. The zero-order valence-corrected chi connectivity index (χ0v) is 24.3. The number of carbonyl (C=O) groups excluding carboxylic acids is 2. The standard InChI is InChI=1S/C29H34N4O7S/c1-5-30-29(35)26(17-22-12-7-6-8-13-22)31(19-23-14-10-9-11-21(23)2)28(34)20-32(41(4,38)39)25-18-24(33(36)37)15-16-27(25)40-3/h6-16,18,26H,5,17,19-20H2,1-4H3,(H,30,35)/t26-/m0/s1. The minimum Gasteiger partial charge on any atom is -0.495 e. The molecule has 12 heteroatoms. The van der Waals surface area contributed by atoms with Crippen LogP contribution < -0.4 is 14.4 Å². The molecule has 0 aromatic heterocycles. The number of rotatable bonds is 13. The van der Waals surface area contributed by atoms with Gasteiger partial charge >= 0.3 is 0 Å². The van der Waals surface area contributed by atoms with E-state index in [1.807, 2.05) is 61.5 Å². The molecule has 3 aromatic carbocycles. The highest BCUT2D eigenvalue weighted by Gasteiger charge is 2.34. The molecule has 0 unspecified atom stereocenters. The maximum Gasteiger partial charge on any atom is 0.271 e. The molecule has 0 saturated carbocycles. The van der Waals surface area contributed by atoms with E-state index < -0.39 is 39.3 Å². The number of likely N-dealkylation sites (N-methyl/N-ethyl adjacent to an activating group) is 1. The van der Waals surface area contributed by atoms with E-state index >= 15 is 0 Å². The number of carbonyl (C=O) groups is 2. The van der Waals surface area contributed by atoms with E-state index in [2.05, 4.69) is 5.32 Å². The van der Waals surface area contributed by atoms with E-state index in [-0.39, 0.29) is 30.1 Å². The second-order valence-corrected chi connectivity index (χ2v) is 11.3. The fourth-order valence-electron chi connectivity index (χ4n) is 4.40. The Morgan fingerprint density at radius 2 is 1.71 bits per heavy atom. The first-order chi connectivity index (χ1) is 19.5. The van der Waals surface area contributed by atoms with Crippen LogP contribution in [0.3, 0.4) is 0 Å². The summed E-state index contributed by atoms with van der Waals surface area (Å²) in [7, 11) is -2.84. The number of amides is 2. The summed E-state index contributed by atoms with van der Waals surface area (Å²) in [4.78, 5) is 39.7. The number of benzene rings is 3. The summed E-state index contributed by atoms with van der Waals surface area (Å²) >= 11 is 0. The second kappa shape index (κ2) is 13.8. The third-order valence-electron chi connectivity index (χ3n) is 6.55. The predicted molar refractivity (Wildman–Crippen MR) is 156 cm³/mol. The van der Waals surface area contributed by atoms with E-state index in [9.17, 15) is 28.1 Å². The fourth-order valence-corrected chi connectivity index (χ4v) is 5.24. The largest absolute Gasteiger partial charge is 0.495 e. The molecule has 0 spiro atoms. The zero-order valence-electron chi connectivity index (χ0n) is 23.4. The van der Waals surface area contributed by atoms with Gasteiger partial charge in [0.1, 0.15) is 24.0 Å². The van der Waals surface area contributed by atoms with Crippen molar-refractivity contribution >= 4 is 33.2 Å². The molecule has 11 nitrogen and oxygen atoms in total. The minimum absolute atomic E-state index is 0.0313. The van der Waals surface area contributed by atoms with Gasteiger partial charge in [-0.05, 0) is 36.6 Å². The summed E-state index contributed by atoms with van der Waals surface area (Å²) in [6.45, 7) is 3.30. The number of ether oxygens (including phenoxy) is 1. The monoisotopic (exact) mass is 582 g/mol. The van der Waals surface area contributed by atoms with Gasteiger partial charge in [0, 0.05) is 31.6 Å². The Hall–Kier alpha value is -4.45. The molecule has 0 bridgehead atoms. The van der Waals surface area contributed by atoms with E-state index in [1.165, 1.54) is 24.1 Å². The van der Waals surface area contributed by atoms with Crippen LogP contribution in [0.4, 0.5) is 11.4 Å². The van der Waals surface area contributed by atoms with Gasteiger partial charge in [0.25, 0.3) is 5.69 Å². The first kappa shape index (κ1) is 31.1. The number of nitrogens with zero attached hydrogens (tertiary/aromatic N) is 3. The highest BCUT2D eigenvalue weighted by Crippen LogP contribution is 2.34. The van der Waals surface area contributed by atoms with Crippen molar-refractivity contribution in [2.24, 2.45) is 0 Å². The average molecular weight is 583 g/mol. The number of aryl methyl sites for hydroxylation is 1. The van der Waals surface area contributed by atoms with Crippen molar-refractivity contribution in [1.29, 1.82) is 0 Å². The van der Waals surface area contributed by atoms with Gasteiger partial charge in [-0.15, -0.1) is 0 Å². The van der Waals surface area contributed by atoms with Crippen molar-refractivity contribution in [3.8, 4) is 5.75 Å². The summed E-state index contributed by atoms with van der Waals surface area (Å²) < 4.78 is 32.1. The molecule has 0 saturated heterocycles. The summed E-state index contributed by atoms with van der Waals surface area (Å²) in [5, 5.41) is 14.3. The highest BCUT2D eigenvalue weighted by molar-refractivity contribution is 7.92. The molecule has 0 fully saturated rings. The molecule has 218 valence electrons. The van der Waals surface area contributed by atoms with Gasteiger partial charge in [-0.1, -0.05) is 54.6 Å². The van der Waals surface area contributed by atoms with Crippen molar-refractivity contribution in [3.05, 3.63) is 99.6 Å². The number of nitro benzene ring substituents is 1. The van der Waals surface area contributed by atoms with Crippen molar-refractivity contribution in [3.63, 3.8) is 0 Å². The van der Waals surface area contributed by atoms with Gasteiger partial charge in [0.15, 0.2) is 0 Å². The van der Waals surface area contributed by atoms with E-state index in [0.717, 1.165) is 33.3 Å². The number of sulfonamides is 1. The van der Waals surface area contributed by atoms with Crippen molar-refractivity contribution in [2.45, 2.75) is 32.9 Å². The number of methoxy groups -OCH3 is 1. The van der Waals surface area contributed by atoms with Crippen LogP contribution in [0.1, 0.15) is 23.6 Å². The first-order valence-corrected chi connectivity index (χ1v) is 14.8. The number of hydrogen-bond acceptors (Lipinski definition) is 7. The minimum atomic E-state index is -4.13. The smallest absolute Gasteiger partial charge is 0.271 e. The third kappa shape index (κ3) is 8.04. The second-order valence-electron chi connectivity index (χ2n) is 9.43. The average Bonchev–Trinajstić information content (AvgIpc) is 2.94.